The molecule has 1 atom stereocenters. The van der Waals surface area contributed by atoms with Crippen molar-refractivity contribution in [3.8, 4) is 0 Å². The van der Waals surface area contributed by atoms with Gasteiger partial charge in [-0.3, -0.25) is 0 Å². The van der Waals surface area contributed by atoms with E-state index in [2.05, 4.69) is 57.9 Å². The fourth-order valence-corrected chi connectivity index (χ4v) is 3.00. The van der Waals surface area contributed by atoms with Gasteiger partial charge in [-0.2, -0.15) is 0 Å². The highest BCUT2D eigenvalue weighted by Crippen LogP contribution is 2.29. The van der Waals surface area contributed by atoms with E-state index < -0.39 is 0 Å². The molecule has 1 aromatic carbocycles. The van der Waals surface area contributed by atoms with E-state index in [0.29, 0.717) is 11.9 Å². The van der Waals surface area contributed by atoms with Crippen LogP contribution in [0.4, 0.5) is 5.69 Å². The first-order valence-electron chi connectivity index (χ1n) is 5.91. The van der Waals surface area contributed by atoms with Crippen LogP contribution in [-0.2, 0) is 5.88 Å². The number of hydrogen-bond acceptors (Lipinski definition) is 2. The number of alkyl halides is 1. The Hall–Kier alpha value is -0.250. The topological polar surface area (TPSA) is 6.48 Å². The second kappa shape index (κ2) is 5.59. The van der Waals surface area contributed by atoms with Gasteiger partial charge in [-0.15, -0.1) is 11.6 Å². The van der Waals surface area contributed by atoms with Gasteiger partial charge in [-0.25, -0.2) is 0 Å². The van der Waals surface area contributed by atoms with Crippen LogP contribution in [0, 0.1) is 0 Å². The van der Waals surface area contributed by atoms with E-state index in [-0.39, 0.29) is 0 Å². The molecule has 17 heavy (non-hydrogen) atoms. The second-order valence-electron chi connectivity index (χ2n) is 4.70. The Labute approximate surface area is 117 Å². The molecule has 2 nitrogen and oxygen atoms in total. The van der Waals surface area contributed by atoms with Crippen LogP contribution < -0.4 is 4.90 Å². The Balaban J connectivity index is 2.17. The number of benzene rings is 1. The van der Waals surface area contributed by atoms with E-state index in [1.807, 2.05) is 0 Å². The van der Waals surface area contributed by atoms with E-state index in [1.54, 1.807) is 0 Å². The molecule has 0 bridgehead atoms. The Bertz CT molecular complexity index is 397. The third kappa shape index (κ3) is 2.95. The molecule has 0 N–H and O–H groups in total. The molecule has 1 heterocycles. The molecule has 0 aromatic heterocycles. The maximum atomic E-state index is 5.84. The van der Waals surface area contributed by atoms with E-state index in [1.165, 1.54) is 5.69 Å². The van der Waals surface area contributed by atoms with Crippen molar-refractivity contribution in [2.45, 2.75) is 18.8 Å². The normalized spacial score (nSPS) is 21.9. The minimum atomic E-state index is 0.567. The van der Waals surface area contributed by atoms with Gasteiger partial charge in [-0.05, 0) is 47.6 Å². The van der Waals surface area contributed by atoms with Crippen molar-refractivity contribution in [3.63, 3.8) is 0 Å². The monoisotopic (exact) mass is 316 g/mol. The average molecular weight is 318 g/mol. The quantitative estimate of drug-likeness (QED) is 0.772. The number of rotatable bonds is 2. The third-order valence-electron chi connectivity index (χ3n) is 3.47. The van der Waals surface area contributed by atoms with E-state index in [4.69, 9.17) is 11.6 Å². The van der Waals surface area contributed by atoms with Gasteiger partial charge in [0.15, 0.2) is 0 Å². The zero-order chi connectivity index (χ0) is 12.4. The predicted octanol–water partition coefficient (Wildman–Crippen LogP) is 3.33. The number of hydrogen-bond donors (Lipinski definition) is 0. The summed E-state index contributed by atoms with van der Waals surface area (Å²) in [6.07, 6.45) is 0. The maximum Gasteiger partial charge on any atom is 0.0511 e. The molecule has 1 fully saturated rings. The molecule has 0 radical (unpaired) electrons. The standard InChI is InChI=1S/C13H18BrClN2/c1-10-9-17(6-5-16(10)2)13-4-3-11(8-15)7-12(13)14/h3-4,7,10H,5-6,8-9H2,1-2H3. The summed E-state index contributed by atoms with van der Waals surface area (Å²) in [6.45, 7) is 5.55. The van der Waals surface area contributed by atoms with Crippen LogP contribution in [-0.4, -0.2) is 37.6 Å². The molecule has 0 aliphatic carbocycles. The van der Waals surface area contributed by atoms with Crippen LogP contribution in [0.25, 0.3) is 0 Å². The highest BCUT2D eigenvalue weighted by molar-refractivity contribution is 9.10. The van der Waals surface area contributed by atoms with E-state index in [0.717, 1.165) is 29.7 Å². The fourth-order valence-electron chi connectivity index (χ4n) is 2.16. The Morgan fingerprint density at radius 3 is 2.76 bits per heavy atom. The molecule has 1 aliphatic rings. The van der Waals surface area contributed by atoms with Crippen LogP contribution in [0.1, 0.15) is 12.5 Å². The van der Waals surface area contributed by atoms with Crippen molar-refractivity contribution < 1.29 is 0 Å². The first-order valence-corrected chi connectivity index (χ1v) is 7.24. The zero-order valence-electron chi connectivity index (χ0n) is 10.3. The summed E-state index contributed by atoms with van der Waals surface area (Å²) in [5.41, 5.74) is 2.43. The number of likely N-dealkylation sites (N-methyl/N-ethyl adjacent to an activating group) is 1. The van der Waals surface area contributed by atoms with Crippen molar-refractivity contribution >= 4 is 33.2 Å². The summed E-state index contributed by atoms with van der Waals surface area (Å²) in [5, 5.41) is 0. The molecule has 4 heteroatoms. The number of anilines is 1. The zero-order valence-corrected chi connectivity index (χ0v) is 12.6. The molecule has 0 spiro atoms. The maximum absolute atomic E-state index is 5.84. The summed E-state index contributed by atoms with van der Waals surface area (Å²) in [4.78, 5) is 4.84. The van der Waals surface area contributed by atoms with Gasteiger partial charge >= 0.3 is 0 Å². The minimum absolute atomic E-state index is 0.567. The molecule has 2 rings (SSSR count). The molecule has 1 unspecified atom stereocenters. The molecule has 1 aliphatic heterocycles. The first kappa shape index (κ1) is 13.2. The van der Waals surface area contributed by atoms with Gasteiger partial charge in [0.1, 0.15) is 0 Å². The molecule has 0 saturated carbocycles. The lowest BCUT2D eigenvalue weighted by molar-refractivity contribution is 0.234. The van der Waals surface area contributed by atoms with Crippen molar-refractivity contribution in [2.75, 3.05) is 31.6 Å². The second-order valence-corrected chi connectivity index (χ2v) is 5.82. The first-order chi connectivity index (χ1) is 8.11. The molecule has 94 valence electrons. The smallest absolute Gasteiger partial charge is 0.0511 e. The lowest BCUT2D eigenvalue weighted by atomic mass is 10.1. The molecule has 1 aromatic rings. The molecule has 0 amide bonds. The summed E-state index contributed by atoms with van der Waals surface area (Å²) in [7, 11) is 2.19. The summed E-state index contributed by atoms with van der Waals surface area (Å²) in [5.74, 6) is 0.567. The number of halogens is 2. The van der Waals surface area contributed by atoms with Crippen LogP contribution in [0.3, 0.4) is 0 Å². The van der Waals surface area contributed by atoms with Crippen molar-refractivity contribution in [3.05, 3.63) is 28.2 Å². The molecule has 1 saturated heterocycles. The van der Waals surface area contributed by atoms with Crippen LogP contribution in [0.2, 0.25) is 0 Å². The lowest BCUT2D eigenvalue weighted by Crippen LogP contribution is -2.50. The Morgan fingerprint density at radius 2 is 2.18 bits per heavy atom. The van der Waals surface area contributed by atoms with Crippen LogP contribution >= 0.6 is 27.5 Å². The Morgan fingerprint density at radius 1 is 1.41 bits per heavy atom. The highest BCUT2D eigenvalue weighted by Gasteiger charge is 2.21. The van der Waals surface area contributed by atoms with Crippen molar-refractivity contribution in [1.29, 1.82) is 0 Å². The lowest BCUT2D eigenvalue weighted by Gasteiger charge is -2.39. The SMILES string of the molecule is CC1CN(c2ccc(CCl)cc2Br)CCN1C. The van der Waals surface area contributed by atoms with Gasteiger partial charge in [0, 0.05) is 36.0 Å². The van der Waals surface area contributed by atoms with Crippen LogP contribution in [0.15, 0.2) is 22.7 Å². The third-order valence-corrected chi connectivity index (χ3v) is 4.41. The summed E-state index contributed by atoms with van der Waals surface area (Å²) < 4.78 is 1.15. The molecular weight excluding hydrogens is 300 g/mol. The Kier molecular flexibility index (Phi) is 4.34. The number of piperazine rings is 1. The summed E-state index contributed by atoms with van der Waals surface area (Å²) >= 11 is 9.48. The van der Waals surface area contributed by atoms with Gasteiger partial charge in [0.2, 0.25) is 0 Å². The predicted molar refractivity (Wildman–Crippen MR) is 78.0 cm³/mol. The van der Waals surface area contributed by atoms with Crippen LogP contribution in [0.5, 0.6) is 0 Å². The van der Waals surface area contributed by atoms with Gasteiger partial charge in [0.25, 0.3) is 0 Å². The fraction of sp³-hybridized carbons (Fsp3) is 0.538. The van der Waals surface area contributed by atoms with E-state index in [9.17, 15) is 0 Å². The molecular formula is C13H18BrClN2. The minimum Gasteiger partial charge on any atom is -0.368 e. The van der Waals surface area contributed by atoms with Gasteiger partial charge in [-0.1, -0.05) is 6.07 Å². The van der Waals surface area contributed by atoms with Crippen molar-refractivity contribution in [1.82, 2.24) is 4.90 Å². The average Bonchev–Trinajstić information content (AvgIpc) is 2.32. The van der Waals surface area contributed by atoms with Gasteiger partial charge in [0.05, 0.1) is 5.69 Å². The summed E-state index contributed by atoms with van der Waals surface area (Å²) in [6, 6.07) is 6.99. The van der Waals surface area contributed by atoms with Crippen molar-refractivity contribution in [2.24, 2.45) is 0 Å². The van der Waals surface area contributed by atoms with Gasteiger partial charge < -0.3 is 9.80 Å². The largest absolute Gasteiger partial charge is 0.368 e. The highest BCUT2D eigenvalue weighted by atomic mass is 79.9. The van der Waals surface area contributed by atoms with E-state index >= 15 is 0 Å². The number of nitrogens with zero attached hydrogens (tertiary/aromatic N) is 2.